The molecule has 1 atom stereocenters. The van der Waals surface area contributed by atoms with E-state index in [2.05, 4.69) is 30.7 Å². The first kappa shape index (κ1) is 11.5. The van der Waals surface area contributed by atoms with Gasteiger partial charge in [-0.2, -0.15) is 0 Å². The predicted octanol–water partition coefficient (Wildman–Crippen LogP) is 1.50. The molecule has 1 heterocycles. The zero-order valence-corrected chi connectivity index (χ0v) is 9.88. The van der Waals surface area contributed by atoms with Crippen LogP contribution in [0.15, 0.2) is 0 Å². The Kier molecular flexibility index (Phi) is 3.93. The van der Waals surface area contributed by atoms with Crippen molar-refractivity contribution in [1.82, 2.24) is 9.80 Å². The van der Waals surface area contributed by atoms with Gasteiger partial charge >= 0.3 is 0 Å². The summed E-state index contributed by atoms with van der Waals surface area (Å²) in [6.07, 6.45) is 1.28. The standard InChI is InChI=1S/C11H23N3/c1-9(2)11(12)14(4)8-10-5-6-13(3)7-10/h9-10,12H,5-8H2,1-4H3. The van der Waals surface area contributed by atoms with Gasteiger partial charge in [0.2, 0.25) is 0 Å². The van der Waals surface area contributed by atoms with Gasteiger partial charge in [0.15, 0.2) is 0 Å². The summed E-state index contributed by atoms with van der Waals surface area (Å²) in [5, 5.41) is 7.88. The quantitative estimate of drug-likeness (QED) is 0.549. The Morgan fingerprint density at radius 1 is 1.57 bits per heavy atom. The van der Waals surface area contributed by atoms with Gasteiger partial charge < -0.3 is 9.80 Å². The first-order valence-electron chi connectivity index (χ1n) is 5.48. The van der Waals surface area contributed by atoms with Crippen LogP contribution in [-0.4, -0.2) is 49.4 Å². The topological polar surface area (TPSA) is 30.3 Å². The van der Waals surface area contributed by atoms with Crippen LogP contribution in [0.1, 0.15) is 20.3 Å². The predicted molar refractivity (Wildman–Crippen MR) is 60.8 cm³/mol. The highest BCUT2D eigenvalue weighted by Gasteiger charge is 2.21. The molecule has 1 aliphatic heterocycles. The molecular weight excluding hydrogens is 174 g/mol. The van der Waals surface area contributed by atoms with Gasteiger partial charge in [-0.05, 0) is 25.9 Å². The average Bonchev–Trinajstić information content (AvgIpc) is 2.49. The van der Waals surface area contributed by atoms with Crippen molar-refractivity contribution >= 4 is 5.84 Å². The molecule has 0 amide bonds. The highest BCUT2D eigenvalue weighted by molar-refractivity contribution is 5.80. The number of rotatable bonds is 3. The summed E-state index contributed by atoms with van der Waals surface area (Å²) in [7, 11) is 4.22. The number of nitrogens with zero attached hydrogens (tertiary/aromatic N) is 2. The summed E-state index contributed by atoms with van der Waals surface area (Å²) in [6, 6.07) is 0. The number of hydrogen-bond donors (Lipinski definition) is 1. The molecule has 3 nitrogen and oxygen atoms in total. The van der Waals surface area contributed by atoms with Crippen LogP contribution in [0.4, 0.5) is 0 Å². The van der Waals surface area contributed by atoms with Gasteiger partial charge in [0.1, 0.15) is 0 Å². The molecule has 1 fully saturated rings. The van der Waals surface area contributed by atoms with Crippen molar-refractivity contribution in [2.45, 2.75) is 20.3 Å². The maximum atomic E-state index is 7.88. The van der Waals surface area contributed by atoms with Crippen molar-refractivity contribution in [2.24, 2.45) is 11.8 Å². The lowest BCUT2D eigenvalue weighted by Crippen LogP contribution is -2.34. The summed E-state index contributed by atoms with van der Waals surface area (Å²) < 4.78 is 0. The Balaban J connectivity index is 2.33. The number of amidine groups is 1. The molecular formula is C11H23N3. The average molecular weight is 197 g/mol. The minimum atomic E-state index is 0.346. The molecule has 82 valence electrons. The molecule has 0 aromatic heterocycles. The van der Waals surface area contributed by atoms with Gasteiger partial charge in [-0.25, -0.2) is 0 Å². The summed E-state index contributed by atoms with van der Waals surface area (Å²) in [5.74, 6) is 1.86. The normalized spacial score (nSPS) is 23.1. The van der Waals surface area contributed by atoms with Crippen LogP contribution in [0.3, 0.4) is 0 Å². The molecule has 0 bridgehead atoms. The lowest BCUT2D eigenvalue weighted by Gasteiger charge is -2.25. The maximum absolute atomic E-state index is 7.88. The van der Waals surface area contributed by atoms with E-state index in [9.17, 15) is 0 Å². The van der Waals surface area contributed by atoms with Crippen molar-refractivity contribution in [1.29, 1.82) is 5.41 Å². The second-order valence-corrected chi connectivity index (χ2v) is 4.84. The van der Waals surface area contributed by atoms with Crippen LogP contribution >= 0.6 is 0 Å². The summed E-state index contributed by atoms with van der Waals surface area (Å²) >= 11 is 0. The molecule has 1 N–H and O–H groups in total. The molecule has 1 saturated heterocycles. The van der Waals surface area contributed by atoms with E-state index in [0.717, 1.165) is 18.3 Å². The minimum absolute atomic E-state index is 0.346. The third-order valence-corrected chi connectivity index (χ3v) is 2.98. The zero-order chi connectivity index (χ0) is 10.7. The Hall–Kier alpha value is -0.570. The largest absolute Gasteiger partial charge is 0.363 e. The molecule has 0 aromatic rings. The molecule has 0 spiro atoms. The van der Waals surface area contributed by atoms with E-state index in [1.165, 1.54) is 19.5 Å². The lowest BCUT2D eigenvalue weighted by molar-refractivity contribution is 0.348. The van der Waals surface area contributed by atoms with Gasteiger partial charge in [-0.3, -0.25) is 5.41 Å². The Morgan fingerprint density at radius 3 is 2.64 bits per heavy atom. The van der Waals surface area contributed by atoms with Gasteiger partial charge in [0.25, 0.3) is 0 Å². The van der Waals surface area contributed by atoms with Crippen molar-refractivity contribution < 1.29 is 0 Å². The Labute approximate surface area is 87.6 Å². The first-order valence-corrected chi connectivity index (χ1v) is 5.48. The fraction of sp³-hybridized carbons (Fsp3) is 0.909. The molecule has 1 aliphatic rings. The molecule has 14 heavy (non-hydrogen) atoms. The van der Waals surface area contributed by atoms with E-state index in [0.29, 0.717) is 5.92 Å². The first-order chi connectivity index (χ1) is 6.50. The van der Waals surface area contributed by atoms with E-state index in [4.69, 9.17) is 5.41 Å². The van der Waals surface area contributed by atoms with Crippen LogP contribution in [0.25, 0.3) is 0 Å². The summed E-state index contributed by atoms with van der Waals surface area (Å²) in [5.41, 5.74) is 0. The van der Waals surface area contributed by atoms with Gasteiger partial charge in [0.05, 0.1) is 5.84 Å². The SMILES string of the molecule is CC(C)C(=N)N(C)CC1CCN(C)C1. The highest BCUT2D eigenvalue weighted by Crippen LogP contribution is 2.15. The molecule has 1 rings (SSSR count). The van der Waals surface area contributed by atoms with Gasteiger partial charge in [-0.15, -0.1) is 0 Å². The smallest absolute Gasteiger partial charge is 0.0981 e. The van der Waals surface area contributed by atoms with Crippen molar-refractivity contribution in [3.63, 3.8) is 0 Å². The monoisotopic (exact) mass is 197 g/mol. The van der Waals surface area contributed by atoms with Crippen LogP contribution in [0.2, 0.25) is 0 Å². The third kappa shape index (κ3) is 2.98. The molecule has 0 aromatic carbocycles. The fourth-order valence-electron chi connectivity index (χ4n) is 2.10. The molecule has 0 radical (unpaired) electrons. The van der Waals surface area contributed by atoms with E-state index < -0.39 is 0 Å². The van der Waals surface area contributed by atoms with E-state index in [1.54, 1.807) is 0 Å². The summed E-state index contributed by atoms with van der Waals surface area (Å²) in [6.45, 7) is 7.61. The van der Waals surface area contributed by atoms with E-state index >= 15 is 0 Å². The number of likely N-dealkylation sites (tertiary alicyclic amines) is 1. The zero-order valence-electron chi connectivity index (χ0n) is 9.88. The van der Waals surface area contributed by atoms with Crippen molar-refractivity contribution in [3.05, 3.63) is 0 Å². The van der Waals surface area contributed by atoms with Crippen LogP contribution < -0.4 is 0 Å². The highest BCUT2D eigenvalue weighted by atomic mass is 15.2. The Bertz CT molecular complexity index is 201. The summed E-state index contributed by atoms with van der Waals surface area (Å²) in [4.78, 5) is 4.48. The fourth-order valence-corrected chi connectivity index (χ4v) is 2.10. The third-order valence-electron chi connectivity index (χ3n) is 2.98. The van der Waals surface area contributed by atoms with Crippen LogP contribution in [-0.2, 0) is 0 Å². The van der Waals surface area contributed by atoms with Gasteiger partial charge in [0, 0.05) is 26.1 Å². The molecule has 3 heteroatoms. The van der Waals surface area contributed by atoms with Crippen LogP contribution in [0.5, 0.6) is 0 Å². The number of nitrogens with one attached hydrogen (secondary N) is 1. The molecule has 1 unspecified atom stereocenters. The molecule has 0 saturated carbocycles. The maximum Gasteiger partial charge on any atom is 0.0981 e. The van der Waals surface area contributed by atoms with Crippen LogP contribution in [0, 0.1) is 17.2 Å². The van der Waals surface area contributed by atoms with Crippen molar-refractivity contribution in [2.75, 3.05) is 33.7 Å². The minimum Gasteiger partial charge on any atom is -0.363 e. The Morgan fingerprint density at radius 2 is 2.21 bits per heavy atom. The van der Waals surface area contributed by atoms with E-state index in [1.807, 2.05) is 7.05 Å². The lowest BCUT2D eigenvalue weighted by atomic mass is 10.1. The second-order valence-electron chi connectivity index (χ2n) is 4.84. The van der Waals surface area contributed by atoms with E-state index in [-0.39, 0.29) is 0 Å². The number of hydrogen-bond acceptors (Lipinski definition) is 2. The molecule has 0 aliphatic carbocycles. The second kappa shape index (κ2) is 4.78. The van der Waals surface area contributed by atoms with Crippen molar-refractivity contribution in [3.8, 4) is 0 Å². The van der Waals surface area contributed by atoms with Gasteiger partial charge in [-0.1, -0.05) is 13.8 Å².